The number of aryl methyl sites for hydroxylation is 1. The van der Waals surface area contributed by atoms with Crippen molar-refractivity contribution in [3.63, 3.8) is 0 Å². The zero-order valence-corrected chi connectivity index (χ0v) is 10.8. The summed E-state index contributed by atoms with van der Waals surface area (Å²) >= 11 is 5.81. The Hall–Kier alpha value is -2.15. The monoisotopic (exact) mass is 282 g/mol. The van der Waals surface area contributed by atoms with Crippen molar-refractivity contribution in [1.29, 1.82) is 0 Å². The first-order valence-corrected chi connectivity index (χ1v) is 5.96. The van der Waals surface area contributed by atoms with Gasteiger partial charge in [-0.1, -0.05) is 18.5 Å². The highest BCUT2D eigenvalue weighted by Gasteiger charge is 2.23. The average molecular weight is 283 g/mol. The minimum atomic E-state index is -0.605. The standard InChI is InChI=1S/C11H11ClN4O3/c1-2-8-14-10(12)9(16(17)18)11(15-8)13-6-7-4-3-5-19-7/h3-5H,2,6H2,1H3,(H,13,14,15). The summed E-state index contributed by atoms with van der Waals surface area (Å²) in [4.78, 5) is 18.3. The van der Waals surface area contributed by atoms with E-state index in [0.717, 1.165) is 0 Å². The largest absolute Gasteiger partial charge is 0.467 e. The van der Waals surface area contributed by atoms with Crippen LogP contribution in [-0.4, -0.2) is 14.9 Å². The first-order valence-electron chi connectivity index (χ1n) is 5.59. The minimum Gasteiger partial charge on any atom is -0.467 e. The number of hydrogen-bond donors (Lipinski definition) is 1. The number of anilines is 1. The van der Waals surface area contributed by atoms with E-state index in [1.165, 1.54) is 6.26 Å². The molecule has 0 fully saturated rings. The van der Waals surface area contributed by atoms with Crippen molar-refractivity contribution in [3.05, 3.63) is 45.2 Å². The Kier molecular flexibility index (Phi) is 3.96. The molecule has 0 bridgehead atoms. The molecule has 0 aliphatic carbocycles. The Morgan fingerprint density at radius 1 is 1.53 bits per heavy atom. The van der Waals surface area contributed by atoms with Crippen molar-refractivity contribution in [2.24, 2.45) is 0 Å². The molecule has 0 atom stereocenters. The summed E-state index contributed by atoms with van der Waals surface area (Å²) in [5.74, 6) is 1.18. The zero-order chi connectivity index (χ0) is 13.8. The van der Waals surface area contributed by atoms with Crippen LogP contribution in [0.25, 0.3) is 0 Å². The third-order valence-electron chi connectivity index (χ3n) is 2.40. The van der Waals surface area contributed by atoms with Crippen LogP contribution in [0.3, 0.4) is 0 Å². The van der Waals surface area contributed by atoms with Crippen LogP contribution in [0, 0.1) is 10.1 Å². The van der Waals surface area contributed by atoms with E-state index in [1.54, 1.807) is 12.1 Å². The van der Waals surface area contributed by atoms with Gasteiger partial charge in [-0.2, -0.15) is 0 Å². The van der Waals surface area contributed by atoms with Gasteiger partial charge in [0.2, 0.25) is 11.0 Å². The van der Waals surface area contributed by atoms with Gasteiger partial charge in [0.15, 0.2) is 0 Å². The molecule has 2 aromatic rings. The van der Waals surface area contributed by atoms with Gasteiger partial charge < -0.3 is 9.73 Å². The highest BCUT2D eigenvalue weighted by Crippen LogP contribution is 2.29. The second-order valence-electron chi connectivity index (χ2n) is 3.67. The number of halogens is 1. The Labute approximate surface area is 113 Å². The normalized spacial score (nSPS) is 10.4. The SMILES string of the molecule is CCc1nc(Cl)c([N+](=O)[O-])c(NCc2ccco2)n1. The van der Waals surface area contributed by atoms with Crippen LogP contribution < -0.4 is 5.32 Å². The van der Waals surface area contributed by atoms with Crippen LogP contribution in [-0.2, 0) is 13.0 Å². The number of nitrogens with one attached hydrogen (secondary N) is 1. The van der Waals surface area contributed by atoms with Gasteiger partial charge in [-0.15, -0.1) is 0 Å². The summed E-state index contributed by atoms with van der Waals surface area (Å²) in [6.45, 7) is 2.12. The smallest absolute Gasteiger partial charge is 0.348 e. The number of furan rings is 1. The third kappa shape index (κ3) is 3.00. The first-order chi connectivity index (χ1) is 9.11. The number of rotatable bonds is 5. The Balaban J connectivity index is 2.30. The zero-order valence-electron chi connectivity index (χ0n) is 10.1. The van der Waals surface area contributed by atoms with E-state index in [9.17, 15) is 10.1 Å². The van der Waals surface area contributed by atoms with E-state index >= 15 is 0 Å². The molecule has 19 heavy (non-hydrogen) atoms. The topological polar surface area (TPSA) is 94.1 Å². The molecule has 0 aliphatic heterocycles. The van der Waals surface area contributed by atoms with Gasteiger partial charge in [-0.05, 0) is 12.1 Å². The third-order valence-corrected chi connectivity index (χ3v) is 2.66. The maximum Gasteiger partial charge on any atom is 0.348 e. The summed E-state index contributed by atoms with van der Waals surface area (Å²) in [6.07, 6.45) is 2.06. The molecule has 0 radical (unpaired) electrons. The Bertz CT molecular complexity index is 586. The van der Waals surface area contributed by atoms with Gasteiger partial charge in [0.1, 0.15) is 11.6 Å². The molecule has 0 spiro atoms. The lowest BCUT2D eigenvalue weighted by Gasteiger charge is -2.07. The quantitative estimate of drug-likeness (QED) is 0.515. The molecule has 7 nitrogen and oxygen atoms in total. The van der Waals surface area contributed by atoms with Crippen molar-refractivity contribution in [3.8, 4) is 0 Å². The van der Waals surface area contributed by atoms with Crippen LogP contribution in [0.2, 0.25) is 5.15 Å². The molecule has 0 aromatic carbocycles. The van der Waals surface area contributed by atoms with Crippen LogP contribution in [0.15, 0.2) is 22.8 Å². The van der Waals surface area contributed by atoms with Gasteiger partial charge >= 0.3 is 5.69 Å². The van der Waals surface area contributed by atoms with Crippen LogP contribution in [0.5, 0.6) is 0 Å². The predicted molar refractivity (Wildman–Crippen MR) is 69.1 cm³/mol. The van der Waals surface area contributed by atoms with E-state index in [1.807, 2.05) is 6.92 Å². The molecule has 0 unspecified atom stereocenters. The molecule has 0 saturated carbocycles. The predicted octanol–water partition coefficient (Wildman–Crippen LogP) is 2.81. The van der Waals surface area contributed by atoms with Crippen LogP contribution in [0.4, 0.5) is 11.5 Å². The van der Waals surface area contributed by atoms with E-state index in [2.05, 4.69) is 15.3 Å². The Morgan fingerprint density at radius 3 is 2.89 bits per heavy atom. The van der Waals surface area contributed by atoms with Crippen molar-refractivity contribution in [1.82, 2.24) is 9.97 Å². The molecule has 0 amide bonds. The minimum absolute atomic E-state index is 0.0956. The molecule has 2 rings (SSSR count). The second kappa shape index (κ2) is 5.66. The van der Waals surface area contributed by atoms with Gasteiger partial charge in [-0.25, -0.2) is 9.97 Å². The van der Waals surface area contributed by atoms with Crippen LogP contribution in [0.1, 0.15) is 18.5 Å². The first kappa shape index (κ1) is 13.3. The lowest BCUT2D eigenvalue weighted by molar-refractivity contribution is -0.384. The van der Waals surface area contributed by atoms with Gasteiger partial charge in [0.05, 0.1) is 17.7 Å². The lowest BCUT2D eigenvalue weighted by Crippen LogP contribution is -2.08. The number of aromatic nitrogens is 2. The fourth-order valence-electron chi connectivity index (χ4n) is 1.50. The number of hydrogen-bond acceptors (Lipinski definition) is 6. The highest BCUT2D eigenvalue weighted by atomic mass is 35.5. The van der Waals surface area contributed by atoms with E-state index in [-0.39, 0.29) is 23.2 Å². The molecule has 1 N–H and O–H groups in total. The maximum atomic E-state index is 11.0. The van der Waals surface area contributed by atoms with Gasteiger partial charge in [0, 0.05) is 6.42 Å². The fourth-order valence-corrected chi connectivity index (χ4v) is 1.75. The summed E-state index contributed by atoms with van der Waals surface area (Å²) in [5.41, 5.74) is -0.328. The molecule has 2 aromatic heterocycles. The molecular formula is C11H11ClN4O3. The van der Waals surface area contributed by atoms with E-state index in [4.69, 9.17) is 16.0 Å². The summed E-state index contributed by atoms with van der Waals surface area (Å²) in [7, 11) is 0. The van der Waals surface area contributed by atoms with Crippen molar-refractivity contribution in [2.75, 3.05) is 5.32 Å². The van der Waals surface area contributed by atoms with E-state index < -0.39 is 4.92 Å². The van der Waals surface area contributed by atoms with Crippen molar-refractivity contribution < 1.29 is 9.34 Å². The summed E-state index contributed by atoms with van der Waals surface area (Å²) in [5, 5.41) is 13.7. The van der Waals surface area contributed by atoms with Crippen LogP contribution >= 0.6 is 11.6 Å². The van der Waals surface area contributed by atoms with Gasteiger partial charge in [-0.3, -0.25) is 10.1 Å². The summed E-state index contributed by atoms with van der Waals surface area (Å²) in [6, 6.07) is 3.48. The number of nitrogens with zero attached hydrogens (tertiary/aromatic N) is 3. The highest BCUT2D eigenvalue weighted by molar-refractivity contribution is 6.31. The molecule has 0 saturated heterocycles. The molecule has 2 heterocycles. The summed E-state index contributed by atoms with van der Waals surface area (Å²) < 4.78 is 5.13. The molecule has 8 heteroatoms. The lowest BCUT2D eigenvalue weighted by atomic mass is 10.4. The Morgan fingerprint density at radius 2 is 2.32 bits per heavy atom. The molecule has 0 aliphatic rings. The second-order valence-corrected chi connectivity index (χ2v) is 4.03. The molecular weight excluding hydrogens is 272 g/mol. The molecule has 100 valence electrons. The fraction of sp³-hybridized carbons (Fsp3) is 0.273. The van der Waals surface area contributed by atoms with Crippen molar-refractivity contribution in [2.45, 2.75) is 19.9 Å². The maximum absolute atomic E-state index is 11.0. The number of nitro groups is 1. The average Bonchev–Trinajstić information content (AvgIpc) is 2.88. The van der Waals surface area contributed by atoms with Gasteiger partial charge in [0.25, 0.3) is 0 Å². The van der Waals surface area contributed by atoms with Crippen molar-refractivity contribution >= 4 is 23.1 Å². The van der Waals surface area contributed by atoms with E-state index in [0.29, 0.717) is 18.0 Å².